The fraction of sp³-hybridized carbons (Fsp3) is 0.100. The topological polar surface area (TPSA) is 152 Å². The first-order valence-electron chi connectivity index (χ1n) is 4.49. The predicted molar refractivity (Wildman–Crippen MR) is 54.5 cm³/mol. The molecule has 1 aromatic carbocycles. The van der Waals surface area contributed by atoms with E-state index in [1.54, 1.807) is 0 Å². The lowest BCUT2D eigenvalue weighted by molar-refractivity contribution is -0.0433. The summed E-state index contributed by atoms with van der Waals surface area (Å²) in [6, 6.07) is 1.18. The van der Waals surface area contributed by atoms with Gasteiger partial charge in [0.2, 0.25) is 0 Å². The summed E-state index contributed by atoms with van der Waals surface area (Å²) in [5.41, 5.74) is -2.75. The molecular weight excluding hydrogens is 248 g/mol. The smallest absolute Gasteiger partial charge is 0.336 e. The second-order valence-corrected chi connectivity index (χ2v) is 3.27. The highest BCUT2D eigenvalue weighted by molar-refractivity contribution is 6.04. The normalized spacial score (nSPS) is 10.4. The van der Waals surface area contributed by atoms with E-state index in [0.29, 0.717) is 12.1 Å². The third-order valence-corrected chi connectivity index (χ3v) is 2.16. The number of carboxylic acids is 3. The molecule has 0 aromatic heterocycles. The van der Waals surface area contributed by atoms with Gasteiger partial charge < -0.3 is 25.5 Å². The summed E-state index contributed by atoms with van der Waals surface area (Å²) >= 11 is 0. The number of aliphatic hydroxyl groups is 2. The van der Waals surface area contributed by atoms with Crippen LogP contribution < -0.4 is 0 Å². The number of aromatic carboxylic acids is 3. The number of aliphatic hydroxyl groups excluding tert-OH is 1. The number of rotatable bonds is 4. The molecule has 0 atom stereocenters. The third-order valence-electron chi connectivity index (χ3n) is 2.16. The van der Waals surface area contributed by atoms with Gasteiger partial charge in [0.25, 0.3) is 0 Å². The zero-order valence-electron chi connectivity index (χ0n) is 8.69. The second kappa shape index (κ2) is 4.82. The molecular formula is C10H8O8. The molecule has 0 unspecified atom stereocenters. The quantitative estimate of drug-likeness (QED) is 0.463. The van der Waals surface area contributed by atoms with Crippen LogP contribution >= 0.6 is 0 Å². The Balaban J connectivity index is 3.66. The van der Waals surface area contributed by atoms with Crippen molar-refractivity contribution in [1.29, 1.82) is 0 Å². The molecule has 8 nitrogen and oxygen atoms in total. The van der Waals surface area contributed by atoms with Crippen molar-refractivity contribution in [1.82, 2.24) is 0 Å². The molecule has 96 valence electrons. The van der Waals surface area contributed by atoms with Gasteiger partial charge >= 0.3 is 17.9 Å². The van der Waals surface area contributed by atoms with Gasteiger partial charge in [-0.15, -0.1) is 0 Å². The van der Waals surface area contributed by atoms with Crippen molar-refractivity contribution >= 4 is 17.9 Å². The van der Waals surface area contributed by atoms with Crippen LogP contribution in [0.15, 0.2) is 12.1 Å². The molecule has 5 N–H and O–H groups in total. The molecule has 0 aliphatic rings. The van der Waals surface area contributed by atoms with Crippen molar-refractivity contribution < 1.29 is 39.9 Å². The van der Waals surface area contributed by atoms with E-state index in [0.717, 1.165) is 0 Å². The fourth-order valence-corrected chi connectivity index (χ4v) is 1.37. The van der Waals surface area contributed by atoms with Gasteiger partial charge in [-0.2, -0.15) is 0 Å². The minimum Gasteiger partial charge on any atom is -0.478 e. The maximum absolute atomic E-state index is 10.8. The van der Waals surface area contributed by atoms with Crippen molar-refractivity contribution in [2.75, 3.05) is 0 Å². The highest BCUT2D eigenvalue weighted by Crippen LogP contribution is 2.22. The Kier molecular flexibility index (Phi) is 3.64. The zero-order valence-corrected chi connectivity index (χ0v) is 8.69. The summed E-state index contributed by atoms with van der Waals surface area (Å²) in [5.74, 6) is -4.85. The molecule has 1 rings (SSSR count). The van der Waals surface area contributed by atoms with Crippen LogP contribution in [-0.2, 0) is 0 Å². The van der Waals surface area contributed by atoms with Crippen LogP contribution in [0.2, 0.25) is 0 Å². The zero-order chi connectivity index (χ0) is 14.0. The van der Waals surface area contributed by atoms with Gasteiger partial charge in [0, 0.05) is 5.56 Å². The van der Waals surface area contributed by atoms with Gasteiger partial charge in [0.05, 0.1) is 16.7 Å². The van der Waals surface area contributed by atoms with Gasteiger partial charge in [-0.25, -0.2) is 14.4 Å². The molecule has 0 radical (unpaired) electrons. The Bertz CT molecular complexity index is 531. The van der Waals surface area contributed by atoms with Gasteiger partial charge in [-0.3, -0.25) is 0 Å². The predicted octanol–water partition coefficient (Wildman–Crippen LogP) is -0.236. The van der Waals surface area contributed by atoms with E-state index in [4.69, 9.17) is 25.5 Å². The number of carboxylic acid groups (broad SMARTS) is 3. The first-order chi connectivity index (χ1) is 8.25. The van der Waals surface area contributed by atoms with Crippen LogP contribution in [0, 0.1) is 0 Å². The largest absolute Gasteiger partial charge is 0.478 e. The summed E-state index contributed by atoms with van der Waals surface area (Å²) < 4.78 is 0. The molecule has 0 spiro atoms. The Hall–Kier alpha value is -2.45. The van der Waals surface area contributed by atoms with Crippen molar-refractivity contribution in [3.8, 4) is 0 Å². The average molecular weight is 256 g/mol. The van der Waals surface area contributed by atoms with Crippen LogP contribution in [0.5, 0.6) is 0 Å². The van der Waals surface area contributed by atoms with Crippen LogP contribution in [0.1, 0.15) is 42.9 Å². The standard InChI is InChI=1S/C10H8O8/c11-7(12)3-1-4(8(13)14)6(10(17)18)2-5(3)9(15)16/h1-2,7,11-12H,(H,13,14)(H,15,16)(H,17,18). The molecule has 0 aliphatic heterocycles. The van der Waals surface area contributed by atoms with E-state index in [1.165, 1.54) is 0 Å². The Labute approximate surface area is 99.3 Å². The maximum atomic E-state index is 10.8. The molecule has 0 aliphatic carbocycles. The van der Waals surface area contributed by atoms with Crippen molar-refractivity contribution in [3.05, 3.63) is 34.4 Å². The molecule has 0 heterocycles. The average Bonchev–Trinajstić information content (AvgIpc) is 2.26. The van der Waals surface area contributed by atoms with E-state index in [1.807, 2.05) is 0 Å². The van der Waals surface area contributed by atoms with E-state index < -0.39 is 46.5 Å². The van der Waals surface area contributed by atoms with Crippen molar-refractivity contribution in [3.63, 3.8) is 0 Å². The molecule has 0 saturated heterocycles. The second-order valence-electron chi connectivity index (χ2n) is 3.27. The Morgan fingerprint density at radius 2 is 1.17 bits per heavy atom. The summed E-state index contributed by atoms with van der Waals surface area (Å²) in [5, 5.41) is 44.2. The lowest BCUT2D eigenvalue weighted by atomic mass is 9.98. The molecule has 0 saturated carbocycles. The first-order valence-corrected chi connectivity index (χ1v) is 4.49. The summed E-state index contributed by atoms with van der Waals surface area (Å²) in [7, 11) is 0. The summed E-state index contributed by atoms with van der Waals surface area (Å²) in [6.07, 6.45) is -2.22. The van der Waals surface area contributed by atoms with Crippen LogP contribution in [0.3, 0.4) is 0 Å². The lowest BCUT2D eigenvalue weighted by Crippen LogP contribution is -2.15. The highest BCUT2D eigenvalue weighted by atomic mass is 16.5. The monoisotopic (exact) mass is 256 g/mol. The Morgan fingerprint density at radius 1 is 0.778 bits per heavy atom. The Morgan fingerprint density at radius 3 is 1.50 bits per heavy atom. The van der Waals surface area contributed by atoms with Crippen LogP contribution in [-0.4, -0.2) is 43.4 Å². The highest BCUT2D eigenvalue weighted by Gasteiger charge is 2.24. The van der Waals surface area contributed by atoms with E-state index in [2.05, 4.69) is 0 Å². The van der Waals surface area contributed by atoms with Gasteiger partial charge in [-0.05, 0) is 12.1 Å². The molecule has 18 heavy (non-hydrogen) atoms. The SMILES string of the molecule is O=C(O)c1cc(C(=O)O)c(C(O)O)cc1C(=O)O. The molecule has 1 aromatic rings. The van der Waals surface area contributed by atoms with Crippen LogP contribution in [0.4, 0.5) is 0 Å². The lowest BCUT2D eigenvalue weighted by Gasteiger charge is -2.11. The molecule has 0 fully saturated rings. The summed E-state index contributed by atoms with van der Waals surface area (Å²) in [4.78, 5) is 32.4. The van der Waals surface area contributed by atoms with E-state index in [-0.39, 0.29) is 0 Å². The molecule has 0 bridgehead atoms. The van der Waals surface area contributed by atoms with Crippen molar-refractivity contribution in [2.24, 2.45) is 0 Å². The number of benzene rings is 1. The van der Waals surface area contributed by atoms with Gasteiger partial charge in [0.1, 0.15) is 0 Å². The van der Waals surface area contributed by atoms with E-state index >= 15 is 0 Å². The number of hydrogen-bond acceptors (Lipinski definition) is 5. The summed E-state index contributed by atoms with van der Waals surface area (Å²) in [6.45, 7) is 0. The minimum atomic E-state index is -2.22. The molecule has 0 amide bonds. The van der Waals surface area contributed by atoms with Gasteiger partial charge in [-0.1, -0.05) is 0 Å². The third kappa shape index (κ3) is 2.44. The first kappa shape index (κ1) is 13.6. The fourth-order valence-electron chi connectivity index (χ4n) is 1.37. The number of carbonyl (C=O) groups is 3. The van der Waals surface area contributed by atoms with E-state index in [9.17, 15) is 14.4 Å². The minimum absolute atomic E-state index is 0.572. The maximum Gasteiger partial charge on any atom is 0.336 e. The molecule has 8 heteroatoms. The van der Waals surface area contributed by atoms with Gasteiger partial charge in [0.15, 0.2) is 6.29 Å². The van der Waals surface area contributed by atoms with Crippen molar-refractivity contribution in [2.45, 2.75) is 6.29 Å². The number of hydrogen-bond donors (Lipinski definition) is 5. The van der Waals surface area contributed by atoms with Crippen LogP contribution in [0.25, 0.3) is 0 Å².